The molecule has 0 bridgehead atoms. The molecule has 0 aliphatic carbocycles. The number of sulfonamides is 1. The highest BCUT2D eigenvalue weighted by molar-refractivity contribution is 7.89. The van der Waals surface area contributed by atoms with Gasteiger partial charge in [-0.05, 0) is 61.3 Å². The first kappa shape index (κ1) is 32.3. The van der Waals surface area contributed by atoms with Gasteiger partial charge in [0.1, 0.15) is 11.3 Å². The normalized spacial score (nSPS) is 12.3. The van der Waals surface area contributed by atoms with Crippen molar-refractivity contribution in [1.82, 2.24) is 14.2 Å². The number of nitrogens with zero attached hydrogens (tertiary/aromatic N) is 4. The molecule has 1 amide bonds. The van der Waals surface area contributed by atoms with Crippen molar-refractivity contribution in [2.75, 3.05) is 51.3 Å². The van der Waals surface area contributed by atoms with Crippen LogP contribution in [-0.2, 0) is 10.0 Å². The van der Waals surface area contributed by atoms with Gasteiger partial charge in [0, 0.05) is 31.7 Å². The standard InChI is InChI=1S/C29H41ClN4O4S2/c1-8-32(9-2)16-17-34(29-31-26-25(38-7)15-14-24(30)27(26)39-29)28(35)22-10-12-23(13-11-22)40(36,37)33(18-20(3)4)19-21(5)6/h10-15,20-21H,8-9,16-19H2,1-7H3. The van der Waals surface area contributed by atoms with Crippen LogP contribution in [0, 0.1) is 11.8 Å². The van der Waals surface area contributed by atoms with Gasteiger partial charge in [-0.15, -0.1) is 0 Å². The lowest BCUT2D eigenvalue weighted by Gasteiger charge is -2.26. The van der Waals surface area contributed by atoms with Crippen molar-refractivity contribution in [3.8, 4) is 5.75 Å². The second-order valence-corrected chi connectivity index (χ2v) is 13.9. The van der Waals surface area contributed by atoms with E-state index in [1.165, 1.54) is 27.8 Å². The number of rotatable bonds is 14. The lowest BCUT2D eigenvalue weighted by Crippen LogP contribution is -2.39. The number of ether oxygens (including phenoxy) is 1. The Balaban J connectivity index is 1.98. The molecule has 0 fully saturated rings. The summed E-state index contributed by atoms with van der Waals surface area (Å²) in [4.78, 5) is 22.7. The van der Waals surface area contributed by atoms with E-state index in [0.29, 0.717) is 53.2 Å². The monoisotopic (exact) mass is 608 g/mol. The predicted octanol–water partition coefficient (Wildman–Crippen LogP) is 6.25. The van der Waals surface area contributed by atoms with E-state index < -0.39 is 10.0 Å². The summed E-state index contributed by atoms with van der Waals surface area (Å²) in [6, 6.07) is 9.74. The van der Waals surface area contributed by atoms with Crippen molar-refractivity contribution < 1.29 is 17.9 Å². The Morgan fingerprint density at radius 1 is 0.975 bits per heavy atom. The number of thiazole rings is 1. The molecule has 0 saturated heterocycles. The number of carbonyl (C=O) groups is 1. The first-order chi connectivity index (χ1) is 18.9. The Morgan fingerprint density at radius 3 is 2.10 bits per heavy atom. The highest BCUT2D eigenvalue weighted by Crippen LogP contribution is 2.39. The number of halogens is 1. The van der Waals surface area contributed by atoms with Gasteiger partial charge < -0.3 is 9.64 Å². The van der Waals surface area contributed by atoms with Crippen molar-refractivity contribution >= 4 is 54.2 Å². The number of methoxy groups -OCH3 is 1. The summed E-state index contributed by atoms with van der Waals surface area (Å²) in [5.74, 6) is 0.704. The van der Waals surface area contributed by atoms with Crippen LogP contribution in [0.15, 0.2) is 41.3 Å². The van der Waals surface area contributed by atoms with E-state index in [4.69, 9.17) is 21.3 Å². The Morgan fingerprint density at radius 2 is 1.57 bits per heavy atom. The molecule has 0 spiro atoms. The van der Waals surface area contributed by atoms with E-state index in [9.17, 15) is 13.2 Å². The first-order valence-corrected chi connectivity index (χ1v) is 16.3. The molecule has 8 nitrogen and oxygen atoms in total. The summed E-state index contributed by atoms with van der Waals surface area (Å²) in [5.41, 5.74) is 0.988. The molecule has 0 radical (unpaired) electrons. The quantitative estimate of drug-likeness (QED) is 0.215. The van der Waals surface area contributed by atoms with Crippen molar-refractivity contribution in [1.29, 1.82) is 0 Å². The molecule has 0 aliphatic rings. The third kappa shape index (κ3) is 7.53. The van der Waals surface area contributed by atoms with Gasteiger partial charge in [-0.25, -0.2) is 13.4 Å². The summed E-state index contributed by atoms with van der Waals surface area (Å²) in [6.07, 6.45) is 0. The second kappa shape index (κ2) is 14.1. The fourth-order valence-corrected chi connectivity index (χ4v) is 7.49. The maximum Gasteiger partial charge on any atom is 0.260 e. The minimum absolute atomic E-state index is 0.177. The summed E-state index contributed by atoms with van der Waals surface area (Å²) in [6.45, 7) is 15.8. The number of aromatic nitrogens is 1. The molecule has 40 heavy (non-hydrogen) atoms. The average molecular weight is 609 g/mol. The van der Waals surface area contributed by atoms with Gasteiger partial charge in [0.05, 0.1) is 21.7 Å². The van der Waals surface area contributed by atoms with Gasteiger partial charge in [-0.2, -0.15) is 4.31 Å². The maximum absolute atomic E-state index is 13.9. The van der Waals surface area contributed by atoms with Gasteiger partial charge in [-0.3, -0.25) is 9.69 Å². The van der Waals surface area contributed by atoms with E-state index in [-0.39, 0.29) is 22.6 Å². The van der Waals surface area contributed by atoms with Crippen LogP contribution in [-0.4, -0.2) is 74.9 Å². The molecule has 0 unspecified atom stereocenters. The molecule has 3 aromatic rings. The van der Waals surface area contributed by atoms with Crippen molar-refractivity contribution in [3.63, 3.8) is 0 Å². The molecular formula is C29H41ClN4O4S2. The minimum atomic E-state index is -3.70. The second-order valence-electron chi connectivity index (χ2n) is 10.5. The largest absolute Gasteiger partial charge is 0.494 e. The molecule has 220 valence electrons. The topological polar surface area (TPSA) is 83.1 Å². The van der Waals surface area contributed by atoms with E-state index in [0.717, 1.165) is 17.8 Å². The predicted molar refractivity (Wildman–Crippen MR) is 166 cm³/mol. The van der Waals surface area contributed by atoms with Crippen LogP contribution in [0.25, 0.3) is 10.2 Å². The van der Waals surface area contributed by atoms with Gasteiger partial charge in [0.15, 0.2) is 5.13 Å². The van der Waals surface area contributed by atoms with Crippen molar-refractivity contribution in [3.05, 3.63) is 47.0 Å². The highest BCUT2D eigenvalue weighted by Gasteiger charge is 2.28. The fourth-order valence-electron chi connectivity index (χ4n) is 4.45. The maximum atomic E-state index is 13.9. The van der Waals surface area contributed by atoms with Crippen molar-refractivity contribution in [2.24, 2.45) is 11.8 Å². The van der Waals surface area contributed by atoms with E-state index in [2.05, 4.69) is 18.7 Å². The number of carbonyl (C=O) groups excluding carboxylic acids is 1. The zero-order valence-corrected chi connectivity index (χ0v) is 26.9. The number of anilines is 1. The number of hydrogen-bond donors (Lipinski definition) is 0. The molecular weight excluding hydrogens is 568 g/mol. The molecule has 1 heterocycles. The first-order valence-electron chi connectivity index (χ1n) is 13.7. The molecule has 0 N–H and O–H groups in total. The van der Waals surface area contributed by atoms with Crippen LogP contribution in [0.4, 0.5) is 5.13 Å². The third-order valence-corrected chi connectivity index (χ3v) is 9.94. The van der Waals surface area contributed by atoms with E-state index in [1.54, 1.807) is 36.3 Å². The lowest BCUT2D eigenvalue weighted by molar-refractivity contribution is 0.0983. The lowest BCUT2D eigenvalue weighted by atomic mass is 10.2. The summed E-state index contributed by atoms with van der Waals surface area (Å²) in [7, 11) is -2.13. The molecule has 0 atom stereocenters. The number of likely N-dealkylation sites (N-methyl/N-ethyl adjacent to an activating group) is 1. The van der Waals surface area contributed by atoms with Gasteiger partial charge in [0.25, 0.3) is 5.91 Å². The van der Waals surface area contributed by atoms with Gasteiger partial charge in [-0.1, -0.05) is 64.5 Å². The number of benzene rings is 2. The Labute approximate surface area is 247 Å². The number of hydrogen-bond acceptors (Lipinski definition) is 7. The third-order valence-electron chi connectivity index (χ3n) is 6.55. The molecule has 3 rings (SSSR count). The van der Waals surface area contributed by atoms with Crippen LogP contribution >= 0.6 is 22.9 Å². The molecule has 1 aromatic heterocycles. The van der Waals surface area contributed by atoms with Crippen LogP contribution in [0.5, 0.6) is 5.75 Å². The highest BCUT2D eigenvalue weighted by atomic mass is 35.5. The zero-order valence-electron chi connectivity index (χ0n) is 24.5. The van der Waals surface area contributed by atoms with Crippen molar-refractivity contribution in [2.45, 2.75) is 46.4 Å². The Hall–Kier alpha value is -2.24. The Bertz CT molecular complexity index is 1380. The molecule has 0 aliphatic heterocycles. The molecule has 0 saturated carbocycles. The van der Waals surface area contributed by atoms with Crippen LogP contribution in [0.3, 0.4) is 0 Å². The van der Waals surface area contributed by atoms with Gasteiger partial charge >= 0.3 is 0 Å². The van der Waals surface area contributed by atoms with Crippen LogP contribution in [0.1, 0.15) is 51.9 Å². The molecule has 11 heteroatoms. The summed E-state index contributed by atoms with van der Waals surface area (Å²) in [5, 5.41) is 1.05. The number of fused-ring (bicyclic) bond motifs is 1. The number of amides is 1. The van der Waals surface area contributed by atoms with Crippen LogP contribution in [0.2, 0.25) is 5.02 Å². The van der Waals surface area contributed by atoms with Crippen LogP contribution < -0.4 is 9.64 Å². The fraction of sp³-hybridized carbons (Fsp3) is 0.517. The van der Waals surface area contributed by atoms with Gasteiger partial charge in [0.2, 0.25) is 10.0 Å². The zero-order chi connectivity index (χ0) is 29.6. The average Bonchev–Trinajstić information content (AvgIpc) is 3.36. The van der Waals surface area contributed by atoms with E-state index in [1.807, 2.05) is 27.7 Å². The summed E-state index contributed by atoms with van der Waals surface area (Å²) >= 11 is 7.80. The molecule has 2 aromatic carbocycles. The minimum Gasteiger partial charge on any atom is -0.494 e. The Kier molecular flexibility index (Phi) is 11.4. The SMILES string of the molecule is CCN(CC)CCN(C(=O)c1ccc(S(=O)(=O)N(CC(C)C)CC(C)C)cc1)c1nc2c(OC)ccc(Cl)c2s1. The smallest absolute Gasteiger partial charge is 0.260 e. The van der Waals surface area contributed by atoms with E-state index >= 15 is 0 Å². The summed E-state index contributed by atoms with van der Waals surface area (Å²) < 4.78 is 34.7.